The third-order valence-electron chi connectivity index (χ3n) is 1.54. The van der Waals surface area contributed by atoms with Gasteiger partial charge in [-0.1, -0.05) is 23.6 Å². The normalized spacial score (nSPS) is 9.07. The van der Waals surface area contributed by atoms with E-state index in [4.69, 9.17) is 10.2 Å². The molecule has 1 aromatic rings. The van der Waals surface area contributed by atoms with Crippen LogP contribution >= 0.6 is 0 Å². The fraction of sp³-hybridized carbons (Fsp3) is 0. The zero-order chi connectivity index (χ0) is 10.9. The predicted octanol–water partition coefficient (Wildman–Crippen LogP) is -0.772. The molecule has 1 aromatic carbocycles. The second kappa shape index (κ2) is 4.75. The topological polar surface area (TPSA) is 121 Å². The minimum absolute atomic E-state index is 0. The maximum Gasteiger partial charge on any atom is 2.00 e. The van der Waals surface area contributed by atoms with Crippen LogP contribution in [0, 0.1) is 0 Å². The summed E-state index contributed by atoms with van der Waals surface area (Å²) in [5.41, 5.74) is -1.44. The molecule has 0 aliphatic rings. The summed E-state index contributed by atoms with van der Waals surface area (Å²) in [4.78, 5) is 20.7. The molecule has 7 heteroatoms. The van der Waals surface area contributed by atoms with Crippen LogP contribution in [-0.4, -0.2) is 22.2 Å². The van der Waals surface area contributed by atoms with Gasteiger partial charge in [0.05, 0.1) is 11.1 Å². The summed E-state index contributed by atoms with van der Waals surface area (Å²) in [7, 11) is 0. The van der Waals surface area contributed by atoms with E-state index in [0.717, 1.165) is 0 Å². The average molecular weight is 262 g/mol. The molecule has 2 N–H and O–H groups in total. The smallest absolute Gasteiger partial charge is 0.872 e. The van der Waals surface area contributed by atoms with Gasteiger partial charge in [0, 0.05) is 0 Å². The summed E-state index contributed by atoms with van der Waals surface area (Å²) in [6, 6.07) is 1.02. The molecule has 6 nitrogen and oxygen atoms in total. The van der Waals surface area contributed by atoms with Gasteiger partial charge in [-0.15, -0.1) is 0 Å². The molecule has 0 atom stereocenters. The van der Waals surface area contributed by atoms with Crippen molar-refractivity contribution in [2.45, 2.75) is 0 Å². The monoisotopic (exact) mass is 260 g/mol. The first-order valence-corrected chi connectivity index (χ1v) is 3.42. The van der Waals surface area contributed by atoms with Gasteiger partial charge >= 0.3 is 31.4 Å². The number of hydrogen-bond acceptors (Lipinski definition) is 4. The molecule has 0 aliphatic carbocycles. The van der Waals surface area contributed by atoms with Crippen molar-refractivity contribution in [2.75, 3.05) is 0 Å². The molecular formula is C8H4O6Zn. The Balaban J connectivity index is 0.00000196. The Morgan fingerprint density at radius 2 is 1.20 bits per heavy atom. The maximum atomic E-state index is 11.0. The van der Waals surface area contributed by atoms with Crippen molar-refractivity contribution in [1.29, 1.82) is 0 Å². The van der Waals surface area contributed by atoms with Gasteiger partial charge < -0.3 is 20.4 Å². The molecular weight excluding hydrogens is 257 g/mol. The maximum absolute atomic E-state index is 11.0. The van der Waals surface area contributed by atoms with Gasteiger partial charge in [0.15, 0.2) is 0 Å². The predicted molar refractivity (Wildman–Crippen MR) is 39.3 cm³/mol. The van der Waals surface area contributed by atoms with E-state index in [2.05, 4.69) is 0 Å². The summed E-state index contributed by atoms with van der Waals surface area (Å²) in [5.74, 6) is -5.09. The number of carbonyl (C=O) groups is 2. The Hall–Kier alpha value is -1.62. The van der Waals surface area contributed by atoms with E-state index < -0.39 is 34.6 Å². The van der Waals surface area contributed by atoms with Gasteiger partial charge in [-0.2, -0.15) is 0 Å². The Morgan fingerprint density at radius 3 is 1.40 bits per heavy atom. The fourth-order valence-electron chi connectivity index (χ4n) is 0.894. The van der Waals surface area contributed by atoms with E-state index in [0.29, 0.717) is 12.1 Å². The summed E-state index contributed by atoms with van der Waals surface area (Å²) >= 11 is 0. The molecule has 0 saturated carbocycles. The number of rotatable bonds is 2. The van der Waals surface area contributed by atoms with E-state index in [9.17, 15) is 19.8 Å². The number of carboxylic acid groups (broad SMARTS) is 2. The van der Waals surface area contributed by atoms with Gasteiger partial charge in [0.25, 0.3) is 0 Å². The Bertz CT molecular complexity index is 374. The summed E-state index contributed by atoms with van der Waals surface area (Å²) in [6.45, 7) is 0. The van der Waals surface area contributed by atoms with Crippen molar-refractivity contribution in [3.63, 3.8) is 0 Å². The Kier molecular flexibility index (Phi) is 4.24. The number of aromatic carboxylic acids is 2. The second-order valence-corrected chi connectivity index (χ2v) is 2.45. The molecule has 15 heavy (non-hydrogen) atoms. The first-order chi connectivity index (χ1) is 6.43. The van der Waals surface area contributed by atoms with Crippen molar-refractivity contribution < 1.29 is 49.5 Å². The van der Waals surface area contributed by atoms with Gasteiger partial charge in [0.2, 0.25) is 0 Å². The molecule has 0 saturated heterocycles. The number of carboxylic acids is 2. The molecule has 0 bridgehead atoms. The summed E-state index contributed by atoms with van der Waals surface area (Å²) in [6.07, 6.45) is 0. The molecule has 0 fully saturated rings. The molecule has 0 amide bonds. The number of hydrogen-bond donors (Lipinski definition) is 2. The molecule has 1 rings (SSSR count). The van der Waals surface area contributed by atoms with Crippen LogP contribution in [0.3, 0.4) is 0 Å². The van der Waals surface area contributed by atoms with Crippen LogP contribution in [0.25, 0.3) is 0 Å². The van der Waals surface area contributed by atoms with E-state index in [-0.39, 0.29) is 19.5 Å². The quantitative estimate of drug-likeness (QED) is 0.674. The van der Waals surface area contributed by atoms with Crippen molar-refractivity contribution in [1.82, 2.24) is 0 Å². The minimum atomic E-state index is -1.55. The van der Waals surface area contributed by atoms with Gasteiger partial charge in [-0.25, -0.2) is 9.59 Å². The molecule has 74 valence electrons. The van der Waals surface area contributed by atoms with Crippen LogP contribution in [0.4, 0.5) is 0 Å². The van der Waals surface area contributed by atoms with E-state index in [1.165, 1.54) is 0 Å². The van der Waals surface area contributed by atoms with Crippen LogP contribution in [0.15, 0.2) is 12.1 Å². The third kappa shape index (κ3) is 2.66. The van der Waals surface area contributed by atoms with Crippen LogP contribution in [-0.2, 0) is 19.5 Å². The number of benzene rings is 1. The molecule has 0 spiro atoms. The summed E-state index contributed by atoms with van der Waals surface area (Å²) in [5, 5.41) is 38.8. The fourth-order valence-corrected chi connectivity index (χ4v) is 0.894. The van der Waals surface area contributed by atoms with Gasteiger partial charge in [-0.3, -0.25) is 0 Å². The zero-order valence-electron chi connectivity index (χ0n) is 7.39. The standard InChI is InChI=1S/C8H6O6.Zn/c9-5-1-3(7(11)12)6(10)2-4(5)8(13)14;/h1-2,9-10H,(H,11,12)(H,13,14);/q;+2/p-2. The van der Waals surface area contributed by atoms with Crippen LogP contribution < -0.4 is 10.2 Å². The molecule has 0 unspecified atom stereocenters. The molecule has 0 aliphatic heterocycles. The largest absolute Gasteiger partial charge is 2.00 e. The Labute approximate surface area is 96.5 Å². The van der Waals surface area contributed by atoms with E-state index >= 15 is 0 Å². The second-order valence-electron chi connectivity index (χ2n) is 2.45. The molecule has 0 heterocycles. The molecule has 0 radical (unpaired) electrons. The summed E-state index contributed by atoms with van der Waals surface area (Å²) < 4.78 is 0. The van der Waals surface area contributed by atoms with Crippen molar-refractivity contribution in [3.05, 3.63) is 23.3 Å². The zero-order valence-corrected chi connectivity index (χ0v) is 10.4. The third-order valence-corrected chi connectivity index (χ3v) is 1.54. The SMILES string of the molecule is O=C(O)c1cc([O-])c(C(=O)O)cc1[O-].[Zn+2]. The van der Waals surface area contributed by atoms with Crippen molar-refractivity contribution in [2.24, 2.45) is 0 Å². The minimum Gasteiger partial charge on any atom is -0.872 e. The first kappa shape index (κ1) is 13.4. The Morgan fingerprint density at radius 1 is 0.933 bits per heavy atom. The molecule has 0 aromatic heterocycles. The van der Waals surface area contributed by atoms with Gasteiger partial charge in [0.1, 0.15) is 0 Å². The van der Waals surface area contributed by atoms with Crippen molar-refractivity contribution >= 4 is 11.9 Å². The first-order valence-electron chi connectivity index (χ1n) is 3.42. The van der Waals surface area contributed by atoms with Gasteiger partial charge in [-0.05, 0) is 0 Å². The van der Waals surface area contributed by atoms with Crippen molar-refractivity contribution in [3.8, 4) is 11.5 Å². The average Bonchev–Trinajstić information content (AvgIpc) is 2.07. The van der Waals surface area contributed by atoms with Crippen LogP contribution in [0.2, 0.25) is 0 Å². The van der Waals surface area contributed by atoms with E-state index in [1.807, 2.05) is 0 Å². The van der Waals surface area contributed by atoms with Crippen LogP contribution in [0.1, 0.15) is 20.7 Å². The van der Waals surface area contributed by atoms with E-state index in [1.54, 1.807) is 0 Å². The van der Waals surface area contributed by atoms with Crippen LogP contribution in [0.5, 0.6) is 11.5 Å².